The highest BCUT2D eigenvalue weighted by molar-refractivity contribution is 7.16. The number of amides is 1. The molecular weight excluding hydrogens is 360 g/mol. The van der Waals surface area contributed by atoms with Gasteiger partial charge in [0, 0.05) is 30.9 Å². The summed E-state index contributed by atoms with van der Waals surface area (Å²) in [5, 5.41) is 4.96. The Hall–Kier alpha value is -1.96. The monoisotopic (exact) mass is 378 g/mol. The Morgan fingerprint density at radius 3 is 2.88 bits per heavy atom. The van der Waals surface area contributed by atoms with E-state index in [1.54, 1.807) is 17.9 Å². The number of thiazole rings is 1. The minimum Gasteiger partial charge on any atom is -0.383 e. The number of ether oxygens (including phenoxy) is 1. The lowest BCUT2D eigenvalue weighted by atomic mass is 10.3. The zero-order valence-electron chi connectivity index (χ0n) is 14.3. The Labute approximate surface area is 154 Å². The zero-order valence-corrected chi connectivity index (χ0v) is 15.9. The molecule has 0 spiro atoms. The van der Waals surface area contributed by atoms with Gasteiger partial charge >= 0.3 is 0 Å². The summed E-state index contributed by atoms with van der Waals surface area (Å²) in [5.74, 6) is -0.348. The standard InChI is InChI=1S/C17H19ClN4O2S/c1-4-22-11(2)9-13(20-22)16(23)19-17-21(7-8-24-3)14-6-5-12(18)10-15(14)25-17/h5-6,9-10H,4,7-8H2,1-3H3. The normalized spacial score (nSPS) is 12.2. The second kappa shape index (κ2) is 7.51. The average Bonchev–Trinajstić information content (AvgIpc) is 3.12. The van der Waals surface area contributed by atoms with Gasteiger partial charge in [0.2, 0.25) is 0 Å². The fourth-order valence-corrected chi connectivity index (χ4v) is 3.94. The van der Waals surface area contributed by atoms with Gasteiger partial charge < -0.3 is 9.30 Å². The fourth-order valence-electron chi connectivity index (χ4n) is 2.61. The molecule has 8 heteroatoms. The number of hydrogen-bond acceptors (Lipinski definition) is 4. The second-order valence-electron chi connectivity index (χ2n) is 5.54. The molecule has 1 amide bonds. The van der Waals surface area contributed by atoms with Crippen LogP contribution in [0.15, 0.2) is 29.3 Å². The average molecular weight is 379 g/mol. The Morgan fingerprint density at radius 2 is 2.20 bits per heavy atom. The van der Waals surface area contributed by atoms with E-state index >= 15 is 0 Å². The maximum atomic E-state index is 12.6. The van der Waals surface area contributed by atoms with Crippen LogP contribution < -0.4 is 4.80 Å². The van der Waals surface area contributed by atoms with E-state index in [-0.39, 0.29) is 5.91 Å². The molecule has 0 aliphatic rings. The molecule has 2 aromatic heterocycles. The summed E-state index contributed by atoms with van der Waals surface area (Å²) in [5.41, 5.74) is 2.28. The predicted octanol–water partition coefficient (Wildman–Crippen LogP) is 3.27. The summed E-state index contributed by atoms with van der Waals surface area (Å²) in [6, 6.07) is 7.41. The number of aryl methyl sites for hydroxylation is 2. The first-order chi connectivity index (χ1) is 12.0. The van der Waals surface area contributed by atoms with Crippen molar-refractivity contribution in [3.8, 4) is 0 Å². The summed E-state index contributed by atoms with van der Waals surface area (Å²) >= 11 is 7.51. The van der Waals surface area contributed by atoms with E-state index in [9.17, 15) is 4.79 Å². The molecule has 0 atom stereocenters. The van der Waals surface area contributed by atoms with E-state index in [2.05, 4.69) is 10.1 Å². The summed E-state index contributed by atoms with van der Waals surface area (Å²) in [6.45, 7) is 5.76. The van der Waals surface area contributed by atoms with Crippen LogP contribution in [0.5, 0.6) is 0 Å². The highest BCUT2D eigenvalue weighted by Crippen LogP contribution is 2.22. The van der Waals surface area contributed by atoms with Crippen LogP contribution in [0.4, 0.5) is 0 Å². The van der Waals surface area contributed by atoms with Crippen LogP contribution in [-0.2, 0) is 17.8 Å². The number of benzene rings is 1. The van der Waals surface area contributed by atoms with Crippen LogP contribution in [0.2, 0.25) is 5.02 Å². The fraction of sp³-hybridized carbons (Fsp3) is 0.353. The third kappa shape index (κ3) is 3.68. The molecule has 0 aliphatic carbocycles. The molecule has 0 unspecified atom stereocenters. The highest BCUT2D eigenvalue weighted by Gasteiger charge is 2.13. The third-order valence-corrected chi connectivity index (χ3v) is 5.14. The minimum absolute atomic E-state index is 0.348. The number of halogens is 1. The number of fused-ring (bicyclic) bond motifs is 1. The Bertz CT molecular complexity index is 986. The van der Waals surface area contributed by atoms with E-state index in [1.807, 2.05) is 36.6 Å². The van der Waals surface area contributed by atoms with Crippen LogP contribution in [0.1, 0.15) is 23.1 Å². The first-order valence-electron chi connectivity index (χ1n) is 7.94. The van der Waals surface area contributed by atoms with Gasteiger partial charge in [-0.1, -0.05) is 22.9 Å². The van der Waals surface area contributed by atoms with Crippen molar-refractivity contribution in [1.82, 2.24) is 14.3 Å². The number of hydrogen-bond donors (Lipinski definition) is 0. The Morgan fingerprint density at radius 1 is 1.40 bits per heavy atom. The lowest BCUT2D eigenvalue weighted by molar-refractivity contribution is 0.0992. The number of rotatable bonds is 5. The number of carbonyl (C=O) groups excluding carboxylic acids is 1. The van der Waals surface area contributed by atoms with Crippen LogP contribution in [-0.4, -0.2) is 34.0 Å². The Balaban J connectivity index is 2.08. The van der Waals surface area contributed by atoms with Crippen LogP contribution in [0.25, 0.3) is 10.2 Å². The van der Waals surface area contributed by atoms with E-state index in [0.717, 1.165) is 15.9 Å². The third-order valence-electron chi connectivity index (χ3n) is 3.86. The highest BCUT2D eigenvalue weighted by atomic mass is 35.5. The molecule has 0 bridgehead atoms. The molecule has 25 heavy (non-hydrogen) atoms. The van der Waals surface area contributed by atoms with Crippen molar-refractivity contribution < 1.29 is 9.53 Å². The lowest BCUT2D eigenvalue weighted by Gasteiger charge is -2.04. The minimum atomic E-state index is -0.348. The van der Waals surface area contributed by atoms with E-state index < -0.39 is 0 Å². The number of aromatic nitrogens is 3. The zero-order chi connectivity index (χ0) is 18.0. The van der Waals surface area contributed by atoms with Crippen LogP contribution >= 0.6 is 22.9 Å². The van der Waals surface area contributed by atoms with Crippen molar-refractivity contribution in [3.05, 3.63) is 45.5 Å². The molecule has 6 nitrogen and oxygen atoms in total. The van der Waals surface area contributed by atoms with E-state index in [1.165, 1.54) is 11.3 Å². The van der Waals surface area contributed by atoms with Crippen LogP contribution in [0, 0.1) is 6.92 Å². The van der Waals surface area contributed by atoms with Crippen molar-refractivity contribution in [1.29, 1.82) is 0 Å². The first-order valence-corrected chi connectivity index (χ1v) is 9.14. The van der Waals surface area contributed by atoms with Crippen molar-refractivity contribution in [2.24, 2.45) is 4.99 Å². The summed E-state index contributed by atoms with van der Waals surface area (Å²) < 4.78 is 9.92. The largest absolute Gasteiger partial charge is 0.383 e. The van der Waals surface area contributed by atoms with Gasteiger partial charge in [0.05, 0.1) is 16.8 Å². The summed E-state index contributed by atoms with van der Waals surface area (Å²) in [7, 11) is 1.65. The molecular formula is C17H19ClN4O2S. The van der Waals surface area contributed by atoms with Gasteiger partial charge in [-0.2, -0.15) is 10.1 Å². The summed E-state index contributed by atoms with van der Waals surface area (Å²) in [4.78, 5) is 17.5. The van der Waals surface area contributed by atoms with Gasteiger partial charge in [0.25, 0.3) is 5.91 Å². The molecule has 3 rings (SSSR count). The van der Waals surface area contributed by atoms with Gasteiger partial charge in [-0.05, 0) is 38.1 Å². The lowest BCUT2D eigenvalue weighted by Crippen LogP contribution is -2.19. The van der Waals surface area contributed by atoms with Crippen molar-refractivity contribution >= 4 is 39.1 Å². The molecule has 2 heterocycles. The number of carbonyl (C=O) groups is 1. The van der Waals surface area contributed by atoms with E-state index in [0.29, 0.717) is 35.2 Å². The van der Waals surface area contributed by atoms with Crippen LogP contribution in [0.3, 0.4) is 0 Å². The smallest absolute Gasteiger partial charge is 0.300 e. The molecule has 0 fully saturated rings. The van der Waals surface area contributed by atoms with E-state index in [4.69, 9.17) is 16.3 Å². The molecule has 0 aliphatic heterocycles. The van der Waals surface area contributed by atoms with Crippen molar-refractivity contribution in [2.45, 2.75) is 26.9 Å². The molecule has 3 aromatic rings. The van der Waals surface area contributed by atoms with Gasteiger partial charge in [-0.3, -0.25) is 9.48 Å². The molecule has 0 saturated heterocycles. The van der Waals surface area contributed by atoms with Gasteiger partial charge in [-0.15, -0.1) is 0 Å². The molecule has 0 saturated carbocycles. The number of nitrogens with zero attached hydrogens (tertiary/aromatic N) is 4. The number of methoxy groups -OCH3 is 1. The van der Waals surface area contributed by atoms with Gasteiger partial charge in [0.1, 0.15) is 0 Å². The molecule has 132 valence electrons. The molecule has 0 radical (unpaired) electrons. The quantitative estimate of drug-likeness (QED) is 0.684. The molecule has 1 aromatic carbocycles. The summed E-state index contributed by atoms with van der Waals surface area (Å²) in [6.07, 6.45) is 0. The first kappa shape index (κ1) is 17.8. The van der Waals surface area contributed by atoms with Crippen molar-refractivity contribution in [3.63, 3.8) is 0 Å². The predicted molar refractivity (Wildman–Crippen MR) is 99.2 cm³/mol. The van der Waals surface area contributed by atoms with Gasteiger partial charge in [0.15, 0.2) is 10.5 Å². The second-order valence-corrected chi connectivity index (χ2v) is 6.99. The maximum Gasteiger partial charge on any atom is 0.300 e. The van der Waals surface area contributed by atoms with Gasteiger partial charge in [-0.25, -0.2) is 0 Å². The Kier molecular flexibility index (Phi) is 5.36. The van der Waals surface area contributed by atoms with Crippen molar-refractivity contribution in [2.75, 3.05) is 13.7 Å². The SMILES string of the molecule is CCn1nc(C(=O)N=c2sc3cc(Cl)ccc3n2CCOC)cc1C. The topological polar surface area (TPSA) is 61.4 Å². The maximum absolute atomic E-state index is 12.6. The molecule has 0 N–H and O–H groups in total.